The maximum atomic E-state index is 12.9. The third kappa shape index (κ3) is 4.04. The number of anilines is 1. The third-order valence-corrected chi connectivity index (χ3v) is 7.53. The Morgan fingerprint density at radius 3 is 2.48 bits per heavy atom. The second-order valence-electron chi connectivity index (χ2n) is 8.32. The minimum atomic E-state index is -3.30. The van der Waals surface area contributed by atoms with Gasteiger partial charge in [0.15, 0.2) is 0 Å². The van der Waals surface area contributed by atoms with Gasteiger partial charge in [0.05, 0.1) is 11.9 Å². The molecular weight excluding hydrogens is 384 g/mol. The molecule has 0 saturated heterocycles. The van der Waals surface area contributed by atoms with Crippen LogP contribution in [0.15, 0.2) is 48.5 Å². The summed E-state index contributed by atoms with van der Waals surface area (Å²) in [6.45, 7) is 1.12. The Balaban J connectivity index is 1.52. The second-order valence-corrected chi connectivity index (χ2v) is 10.2. The van der Waals surface area contributed by atoms with Crippen LogP contribution in [-0.2, 0) is 21.9 Å². The molecule has 1 N–H and O–H groups in total. The largest absolute Gasteiger partial charge is 0.351 e. The number of rotatable bonds is 5. The molecule has 5 nitrogen and oxygen atoms in total. The van der Waals surface area contributed by atoms with Crippen LogP contribution in [0.4, 0.5) is 5.69 Å². The molecule has 0 aromatic heterocycles. The Bertz CT molecular complexity index is 996. The predicted molar refractivity (Wildman–Crippen MR) is 116 cm³/mol. The first-order chi connectivity index (χ1) is 13.9. The number of amides is 1. The van der Waals surface area contributed by atoms with Crippen LogP contribution in [0.5, 0.6) is 0 Å². The van der Waals surface area contributed by atoms with Crippen molar-refractivity contribution < 1.29 is 13.2 Å². The number of aryl methyl sites for hydroxylation is 1. The molecule has 1 aliphatic carbocycles. The number of nitrogens with zero attached hydrogens (tertiary/aromatic N) is 1. The summed E-state index contributed by atoms with van der Waals surface area (Å²) in [6.07, 6.45) is 7.33. The minimum Gasteiger partial charge on any atom is -0.351 e. The number of sulfonamides is 1. The van der Waals surface area contributed by atoms with Crippen molar-refractivity contribution >= 4 is 21.6 Å². The molecule has 0 bridgehead atoms. The monoisotopic (exact) mass is 412 g/mol. The molecule has 1 heterocycles. The van der Waals surface area contributed by atoms with Gasteiger partial charge in [-0.05, 0) is 55.0 Å². The van der Waals surface area contributed by atoms with Gasteiger partial charge in [-0.25, -0.2) is 8.42 Å². The van der Waals surface area contributed by atoms with Crippen LogP contribution >= 0.6 is 0 Å². The molecule has 2 aromatic rings. The van der Waals surface area contributed by atoms with E-state index in [1.165, 1.54) is 29.0 Å². The quantitative estimate of drug-likeness (QED) is 0.815. The van der Waals surface area contributed by atoms with Crippen LogP contribution in [0, 0.1) is 0 Å². The van der Waals surface area contributed by atoms with Crippen molar-refractivity contribution in [1.82, 2.24) is 5.32 Å². The summed E-state index contributed by atoms with van der Waals surface area (Å²) in [5.41, 5.74) is 3.53. The molecule has 1 fully saturated rings. The number of benzene rings is 2. The molecule has 0 unspecified atom stereocenters. The second kappa shape index (κ2) is 7.82. The molecule has 0 radical (unpaired) electrons. The van der Waals surface area contributed by atoms with Gasteiger partial charge in [-0.3, -0.25) is 9.10 Å². The van der Waals surface area contributed by atoms with E-state index in [2.05, 4.69) is 29.6 Å². The van der Waals surface area contributed by atoms with Gasteiger partial charge in [0.1, 0.15) is 0 Å². The fourth-order valence-electron chi connectivity index (χ4n) is 4.81. The minimum absolute atomic E-state index is 0.0121. The molecule has 2 aromatic carbocycles. The molecule has 154 valence electrons. The molecule has 0 atom stereocenters. The van der Waals surface area contributed by atoms with Crippen LogP contribution in [0.25, 0.3) is 0 Å². The summed E-state index contributed by atoms with van der Waals surface area (Å²) >= 11 is 0. The Morgan fingerprint density at radius 1 is 1.07 bits per heavy atom. The van der Waals surface area contributed by atoms with Crippen molar-refractivity contribution in [3.8, 4) is 0 Å². The van der Waals surface area contributed by atoms with Gasteiger partial charge in [0.25, 0.3) is 5.91 Å². The van der Waals surface area contributed by atoms with Crippen LogP contribution in [0.3, 0.4) is 0 Å². The highest BCUT2D eigenvalue weighted by atomic mass is 32.2. The molecule has 2 aliphatic rings. The maximum Gasteiger partial charge on any atom is 0.251 e. The van der Waals surface area contributed by atoms with Crippen LogP contribution in [0.1, 0.15) is 53.6 Å². The first kappa shape index (κ1) is 20.0. The smallest absolute Gasteiger partial charge is 0.251 e. The summed E-state index contributed by atoms with van der Waals surface area (Å²) < 4.78 is 25.5. The zero-order valence-electron chi connectivity index (χ0n) is 16.9. The van der Waals surface area contributed by atoms with Gasteiger partial charge in [0, 0.05) is 24.1 Å². The van der Waals surface area contributed by atoms with Crippen molar-refractivity contribution in [3.63, 3.8) is 0 Å². The first-order valence-corrected chi connectivity index (χ1v) is 12.2. The van der Waals surface area contributed by atoms with Crippen LogP contribution in [-0.4, -0.2) is 33.7 Å². The standard InChI is InChI=1S/C23H28N2O3S/c1-29(27,28)25-15-7-8-18-16-19(11-12-21(18)25)22(26)24-17-23(13-5-6-14-23)20-9-3-2-4-10-20/h2-4,9-12,16H,5-8,13-15,17H2,1H3,(H,24,26). The van der Waals surface area contributed by atoms with E-state index in [1.54, 1.807) is 12.1 Å². The van der Waals surface area contributed by atoms with Crippen molar-refractivity contribution in [2.45, 2.75) is 43.9 Å². The molecule has 1 saturated carbocycles. The lowest BCUT2D eigenvalue weighted by molar-refractivity contribution is 0.0943. The first-order valence-electron chi connectivity index (χ1n) is 10.3. The highest BCUT2D eigenvalue weighted by Crippen LogP contribution is 2.40. The Hall–Kier alpha value is -2.34. The topological polar surface area (TPSA) is 66.5 Å². The summed E-state index contributed by atoms with van der Waals surface area (Å²) in [5, 5.41) is 3.16. The van der Waals surface area contributed by atoms with Crippen LogP contribution < -0.4 is 9.62 Å². The molecule has 6 heteroatoms. The van der Waals surface area contributed by atoms with Gasteiger partial charge in [-0.2, -0.15) is 0 Å². The maximum absolute atomic E-state index is 12.9. The normalized spacial score (nSPS) is 18.3. The number of nitrogens with one attached hydrogen (secondary N) is 1. The van der Waals surface area contributed by atoms with Gasteiger partial charge in [-0.15, -0.1) is 0 Å². The van der Waals surface area contributed by atoms with Crippen molar-refractivity contribution in [2.75, 3.05) is 23.7 Å². The summed E-state index contributed by atoms with van der Waals surface area (Å²) in [6, 6.07) is 15.8. The van der Waals surface area contributed by atoms with E-state index >= 15 is 0 Å². The summed E-state index contributed by atoms with van der Waals surface area (Å²) in [5.74, 6) is -0.0912. The molecular formula is C23H28N2O3S. The van der Waals surface area contributed by atoms with E-state index in [4.69, 9.17) is 0 Å². The zero-order valence-corrected chi connectivity index (χ0v) is 17.7. The zero-order chi connectivity index (χ0) is 20.5. The molecule has 0 spiro atoms. The van der Waals surface area contributed by atoms with Gasteiger partial charge in [-0.1, -0.05) is 43.2 Å². The van der Waals surface area contributed by atoms with E-state index in [9.17, 15) is 13.2 Å². The lowest BCUT2D eigenvalue weighted by atomic mass is 9.79. The Labute approximate surface area is 173 Å². The molecule has 29 heavy (non-hydrogen) atoms. The van der Waals surface area contributed by atoms with Crippen molar-refractivity contribution in [3.05, 3.63) is 65.2 Å². The SMILES string of the molecule is CS(=O)(=O)N1CCCc2cc(C(=O)NCC3(c4ccccc4)CCCC3)ccc21. The number of carbonyl (C=O) groups excluding carboxylic acids is 1. The van der Waals surface area contributed by atoms with Crippen molar-refractivity contribution in [1.29, 1.82) is 0 Å². The van der Waals surface area contributed by atoms with E-state index < -0.39 is 10.0 Å². The van der Waals surface area contributed by atoms with E-state index in [0.29, 0.717) is 24.3 Å². The highest BCUT2D eigenvalue weighted by molar-refractivity contribution is 7.92. The van der Waals surface area contributed by atoms with Crippen molar-refractivity contribution in [2.24, 2.45) is 0 Å². The molecule has 1 amide bonds. The van der Waals surface area contributed by atoms with E-state index in [-0.39, 0.29) is 11.3 Å². The van der Waals surface area contributed by atoms with Gasteiger partial charge < -0.3 is 5.32 Å². The van der Waals surface area contributed by atoms with Gasteiger partial charge in [0.2, 0.25) is 10.0 Å². The summed E-state index contributed by atoms with van der Waals surface area (Å²) in [7, 11) is -3.30. The number of fused-ring (bicyclic) bond motifs is 1. The highest BCUT2D eigenvalue weighted by Gasteiger charge is 2.36. The predicted octanol–water partition coefficient (Wildman–Crippen LogP) is 3.64. The van der Waals surface area contributed by atoms with Gasteiger partial charge >= 0.3 is 0 Å². The lowest BCUT2D eigenvalue weighted by Gasteiger charge is -2.31. The molecule has 1 aliphatic heterocycles. The average Bonchev–Trinajstić information content (AvgIpc) is 3.21. The number of carbonyl (C=O) groups is 1. The molecule has 4 rings (SSSR count). The number of hydrogen-bond donors (Lipinski definition) is 1. The third-order valence-electron chi connectivity index (χ3n) is 6.35. The lowest BCUT2D eigenvalue weighted by Crippen LogP contribution is -2.39. The Kier molecular flexibility index (Phi) is 5.38. The van der Waals surface area contributed by atoms with Crippen LogP contribution in [0.2, 0.25) is 0 Å². The van der Waals surface area contributed by atoms with E-state index in [0.717, 1.165) is 31.2 Å². The average molecular weight is 413 g/mol. The summed E-state index contributed by atoms with van der Waals surface area (Å²) in [4.78, 5) is 12.9. The number of hydrogen-bond acceptors (Lipinski definition) is 3. The Morgan fingerprint density at radius 2 is 1.79 bits per heavy atom. The fraction of sp³-hybridized carbons (Fsp3) is 0.435. The fourth-order valence-corrected chi connectivity index (χ4v) is 5.81. The van der Waals surface area contributed by atoms with E-state index in [1.807, 2.05) is 12.1 Å².